The molecule has 2 rings (SSSR count). The molecule has 1 aromatic carbocycles. The molecule has 0 N–H and O–H groups in total. The van der Waals surface area contributed by atoms with Crippen molar-refractivity contribution in [1.29, 1.82) is 0 Å². The summed E-state index contributed by atoms with van der Waals surface area (Å²) in [6, 6.07) is 7.48. The first-order valence-corrected chi connectivity index (χ1v) is 6.21. The summed E-state index contributed by atoms with van der Waals surface area (Å²) in [7, 11) is 1.49. The van der Waals surface area contributed by atoms with Crippen molar-refractivity contribution in [2.45, 2.75) is 6.61 Å². The van der Waals surface area contributed by atoms with Crippen molar-refractivity contribution in [2.24, 2.45) is 5.16 Å². The Kier molecular flexibility index (Phi) is 4.49. The number of nitrogens with zero attached hydrogens (tertiary/aromatic N) is 3. The molecule has 0 amide bonds. The fourth-order valence-electron chi connectivity index (χ4n) is 1.26. The summed E-state index contributed by atoms with van der Waals surface area (Å²) in [6.45, 7) is 0.271. The van der Waals surface area contributed by atoms with Crippen LogP contribution >= 0.6 is 23.1 Å². The second-order valence-electron chi connectivity index (χ2n) is 3.24. The van der Waals surface area contributed by atoms with Crippen LogP contribution in [0.25, 0.3) is 0 Å². The second kappa shape index (κ2) is 6.32. The topological polar surface area (TPSA) is 56.6 Å². The van der Waals surface area contributed by atoms with Gasteiger partial charge in [-0.05, 0) is 12.1 Å². The van der Waals surface area contributed by atoms with Crippen LogP contribution < -0.4 is 4.74 Å². The molecular weight excluding hydrogens is 274 g/mol. The first-order valence-electron chi connectivity index (χ1n) is 5.06. The van der Waals surface area contributed by atoms with E-state index >= 15 is 0 Å². The lowest BCUT2D eigenvalue weighted by Crippen LogP contribution is -1.99. The Balaban J connectivity index is 2.09. The third-order valence-electron chi connectivity index (χ3n) is 2.09. The van der Waals surface area contributed by atoms with Gasteiger partial charge in [0, 0.05) is 17.1 Å². The van der Waals surface area contributed by atoms with E-state index in [1.165, 1.54) is 7.11 Å². The molecule has 1 aromatic heterocycles. The van der Waals surface area contributed by atoms with E-state index in [9.17, 15) is 0 Å². The molecule has 0 aliphatic carbocycles. The van der Waals surface area contributed by atoms with Gasteiger partial charge in [0.2, 0.25) is 0 Å². The molecule has 18 heavy (non-hydrogen) atoms. The van der Waals surface area contributed by atoms with Gasteiger partial charge in [0.1, 0.15) is 29.5 Å². The summed E-state index contributed by atoms with van der Waals surface area (Å²) in [5, 5.41) is 7.58. The van der Waals surface area contributed by atoms with Crippen LogP contribution in [0.15, 0.2) is 29.4 Å². The van der Waals surface area contributed by atoms with Crippen LogP contribution in [0.2, 0.25) is 4.34 Å². The SMILES string of the molecule is CON=Cc1ccccc1OCc1nnsc1Cl. The monoisotopic (exact) mass is 283 g/mol. The van der Waals surface area contributed by atoms with E-state index in [0.717, 1.165) is 17.1 Å². The third-order valence-corrected chi connectivity index (χ3v) is 3.07. The highest BCUT2D eigenvalue weighted by Gasteiger charge is 2.07. The van der Waals surface area contributed by atoms with Crippen LogP contribution in [0.5, 0.6) is 5.75 Å². The molecule has 2 aromatic rings. The Morgan fingerprint density at radius 1 is 1.44 bits per heavy atom. The Morgan fingerprint density at radius 3 is 3.00 bits per heavy atom. The average molecular weight is 284 g/mol. The maximum Gasteiger partial charge on any atom is 0.141 e. The number of halogens is 1. The molecule has 0 bridgehead atoms. The molecule has 0 radical (unpaired) electrons. The average Bonchev–Trinajstić information content (AvgIpc) is 2.80. The molecule has 7 heteroatoms. The van der Waals surface area contributed by atoms with Crippen LogP contribution in [-0.2, 0) is 11.4 Å². The standard InChI is InChI=1S/C11H10ClN3O2S/c1-16-13-6-8-4-2-3-5-10(8)17-7-9-11(12)18-15-14-9/h2-6H,7H2,1H3. The van der Waals surface area contributed by atoms with E-state index in [-0.39, 0.29) is 6.61 Å². The smallest absolute Gasteiger partial charge is 0.141 e. The summed E-state index contributed by atoms with van der Waals surface area (Å²) in [6.07, 6.45) is 1.58. The number of aromatic nitrogens is 2. The van der Waals surface area contributed by atoms with Gasteiger partial charge in [-0.15, -0.1) is 5.10 Å². The normalized spacial score (nSPS) is 10.8. The number of ether oxygens (including phenoxy) is 1. The number of hydrogen-bond donors (Lipinski definition) is 0. The zero-order valence-electron chi connectivity index (χ0n) is 9.54. The minimum absolute atomic E-state index is 0.271. The lowest BCUT2D eigenvalue weighted by Gasteiger charge is -2.06. The van der Waals surface area contributed by atoms with Gasteiger partial charge in [0.05, 0.1) is 6.21 Å². The summed E-state index contributed by atoms with van der Waals surface area (Å²) in [5.41, 5.74) is 1.44. The Hall–Kier alpha value is -1.66. The number of oxime groups is 1. The summed E-state index contributed by atoms with van der Waals surface area (Å²) < 4.78 is 9.91. The molecule has 0 aliphatic heterocycles. The fraction of sp³-hybridized carbons (Fsp3) is 0.182. The lowest BCUT2D eigenvalue weighted by atomic mass is 10.2. The molecular formula is C11H10ClN3O2S. The molecule has 0 saturated carbocycles. The van der Waals surface area contributed by atoms with Gasteiger partial charge < -0.3 is 9.57 Å². The van der Waals surface area contributed by atoms with Crippen molar-refractivity contribution in [1.82, 2.24) is 9.59 Å². The van der Waals surface area contributed by atoms with Crippen molar-refractivity contribution in [3.63, 3.8) is 0 Å². The fourth-order valence-corrected chi connectivity index (χ4v) is 1.86. The van der Waals surface area contributed by atoms with Crippen LogP contribution in [0.1, 0.15) is 11.3 Å². The van der Waals surface area contributed by atoms with Gasteiger partial charge in [-0.3, -0.25) is 0 Å². The molecule has 0 aliphatic rings. The molecule has 94 valence electrons. The van der Waals surface area contributed by atoms with Gasteiger partial charge in [0.25, 0.3) is 0 Å². The van der Waals surface area contributed by atoms with Crippen molar-refractivity contribution in [3.05, 3.63) is 39.9 Å². The minimum Gasteiger partial charge on any atom is -0.486 e. The van der Waals surface area contributed by atoms with E-state index in [0.29, 0.717) is 15.8 Å². The van der Waals surface area contributed by atoms with E-state index in [1.807, 2.05) is 24.3 Å². The lowest BCUT2D eigenvalue weighted by molar-refractivity contribution is 0.215. The van der Waals surface area contributed by atoms with E-state index < -0.39 is 0 Å². The highest BCUT2D eigenvalue weighted by Crippen LogP contribution is 2.21. The van der Waals surface area contributed by atoms with Crippen LogP contribution in [0, 0.1) is 0 Å². The minimum atomic E-state index is 0.271. The maximum atomic E-state index is 5.90. The van der Waals surface area contributed by atoms with Crippen LogP contribution in [0.3, 0.4) is 0 Å². The molecule has 0 spiro atoms. The van der Waals surface area contributed by atoms with Crippen LogP contribution in [-0.4, -0.2) is 22.9 Å². The van der Waals surface area contributed by atoms with Crippen LogP contribution in [0.4, 0.5) is 0 Å². The highest BCUT2D eigenvalue weighted by molar-refractivity contribution is 7.10. The predicted molar refractivity (Wildman–Crippen MR) is 70.3 cm³/mol. The number of hydrogen-bond acceptors (Lipinski definition) is 6. The molecule has 0 atom stereocenters. The van der Waals surface area contributed by atoms with Gasteiger partial charge in [-0.2, -0.15) is 0 Å². The van der Waals surface area contributed by atoms with E-state index in [4.69, 9.17) is 16.3 Å². The highest BCUT2D eigenvalue weighted by atomic mass is 35.5. The van der Waals surface area contributed by atoms with Gasteiger partial charge >= 0.3 is 0 Å². The summed E-state index contributed by atoms with van der Waals surface area (Å²) in [5.74, 6) is 0.683. The first kappa shape index (κ1) is 12.8. The van der Waals surface area contributed by atoms with Gasteiger partial charge in [-0.1, -0.05) is 33.4 Å². The largest absolute Gasteiger partial charge is 0.486 e. The predicted octanol–water partition coefficient (Wildman–Crippen LogP) is 2.75. The molecule has 0 unspecified atom stereocenters. The third kappa shape index (κ3) is 3.18. The second-order valence-corrected chi connectivity index (χ2v) is 4.59. The molecule has 1 heterocycles. The molecule has 0 fully saturated rings. The van der Waals surface area contributed by atoms with Crippen molar-refractivity contribution < 1.29 is 9.57 Å². The Bertz CT molecular complexity index is 545. The number of benzene rings is 1. The zero-order valence-corrected chi connectivity index (χ0v) is 11.1. The van der Waals surface area contributed by atoms with Gasteiger partial charge in [-0.25, -0.2) is 0 Å². The maximum absolute atomic E-state index is 5.90. The number of para-hydroxylation sites is 1. The van der Waals surface area contributed by atoms with Gasteiger partial charge in [0.15, 0.2) is 0 Å². The molecule has 0 saturated heterocycles. The van der Waals surface area contributed by atoms with Crippen molar-refractivity contribution >= 4 is 29.3 Å². The van der Waals surface area contributed by atoms with E-state index in [2.05, 4.69) is 19.6 Å². The summed E-state index contributed by atoms with van der Waals surface area (Å²) >= 11 is 7.03. The Labute approximate surface area is 113 Å². The van der Waals surface area contributed by atoms with Crippen molar-refractivity contribution in [3.8, 4) is 5.75 Å². The summed E-state index contributed by atoms with van der Waals surface area (Å²) in [4.78, 5) is 4.64. The quantitative estimate of drug-likeness (QED) is 0.625. The Morgan fingerprint density at radius 2 is 2.28 bits per heavy atom. The first-order chi connectivity index (χ1) is 8.81. The molecule has 5 nitrogen and oxygen atoms in total. The number of rotatable bonds is 5. The van der Waals surface area contributed by atoms with Crippen molar-refractivity contribution in [2.75, 3.05) is 7.11 Å². The van der Waals surface area contributed by atoms with E-state index in [1.54, 1.807) is 6.21 Å². The zero-order chi connectivity index (χ0) is 12.8.